The van der Waals surface area contributed by atoms with Crippen LogP contribution in [0.1, 0.15) is 20.2 Å². The molecular formula is C24H19N4NaO6S4. The summed E-state index contributed by atoms with van der Waals surface area (Å²) < 4.78 is 6.08. The zero-order valence-corrected chi connectivity index (χ0v) is 26.0. The van der Waals surface area contributed by atoms with Crippen LogP contribution in [0.2, 0.25) is 0 Å². The van der Waals surface area contributed by atoms with Crippen LogP contribution in [0, 0.1) is 6.92 Å². The normalized spacial score (nSPS) is 18.1. The molecule has 0 saturated carbocycles. The average molecular weight is 611 g/mol. The number of carboxylic acids is 1. The molecule has 1 saturated heterocycles. The van der Waals surface area contributed by atoms with E-state index in [-0.39, 0.29) is 41.7 Å². The number of aliphatic carboxylic acids is 1. The third-order valence-corrected chi connectivity index (χ3v) is 10.0. The standard InChI is InChI=1S/C24H20N4O6S4.Na/c1-12-26-27-24(38-12)37-11-14-10-36-21-17(20(30)28(21)18(14)22(31)32)25-16(29)9-13-7-8-35-19(13)23(33)34-15-5-3-2-4-6-15;/h2-8,17,21H,9-11H2,1H3,(H,25,29)(H,31,32);/q;+1/p-1/t17?,21-;/m0./s1. The van der Waals surface area contributed by atoms with Crippen LogP contribution in [-0.2, 0) is 20.8 Å². The molecule has 4 heterocycles. The maximum atomic E-state index is 12.9. The minimum absolute atomic E-state index is 0. The zero-order valence-electron chi connectivity index (χ0n) is 20.7. The van der Waals surface area contributed by atoms with E-state index in [0.29, 0.717) is 37.6 Å². The molecule has 1 aromatic carbocycles. The second-order valence-electron chi connectivity index (χ2n) is 8.22. The van der Waals surface area contributed by atoms with E-state index in [1.54, 1.807) is 41.8 Å². The Hall–Kier alpha value is -2.20. The van der Waals surface area contributed by atoms with Gasteiger partial charge in [0.1, 0.15) is 27.0 Å². The molecule has 196 valence electrons. The molecule has 0 spiro atoms. The van der Waals surface area contributed by atoms with Crippen molar-refractivity contribution in [2.24, 2.45) is 0 Å². The Morgan fingerprint density at radius 2 is 1.97 bits per heavy atom. The topological polar surface area (TPSA) is 142 Å². The number of nitrogens with zero attached hydrogens (tertiary/aromatic N) is 3. The van der Waals surface area contributed by atoms with E-state index >= 15 is 0 Å². The Bertz CT molecular complexity index is 1440. The number of para-hydroxylation sites is 1. The first kappa shape index (κ1) is 29.8. The molecule has 2 atom stereocenters. The van der Waals surface area contributed by atoms with E-state index in [1.807, 2.05) is 6.92 Å². The number of thioether (sulfide) groups is 2. The predicted molar refractivity (Wildman–Crippen MR) is 142 cm³/mol. The van der Waals surface area contributed by atoms with Gasteiger partial charge in [-0.15, -0.1) is 33.3 Å². The van der Waals surface area contributed by atoms with Crippen LogP contribution in [0.3, 0.4) is 0 Å². The summed E-state index contributed by atoms with van der Waals surface area (Å²) >= 11 is 5.30. The number of ether oxygens (including phenoxy) is 1. The maximum Gasteiger partial charge on any atom is 1.00 e. The molecule has 0 bridgehead atoms. The number of benzene rings is 1. The molecule has 1 fully saturated rings. The number of fused-ring (bicyclic) bond motifs is 1. The SMILES string of the molecule is Cc1nnc(SCC2=C(C(=O)[O-])N3C(=O)C(NC(=O)Cc4ccsc4C(=O)Oc4ccccc4)[C@@H]3SC2)s1.[Na+]. The number of thiophene rings is 1. The molecule has 2 amide bonds. The molecule has 15 heteroatoms. The summed E-state index contributed by atoms with van der Waals surface area (Å²) in [6.07, 6.45) is -0.129. The number of β-lactam (4-membered cyclic amide) rings is 1. The molecular weight excluding hydrogens is 592 g/mol. The molecule has 0 radical (unpaired) electrons. The van der Waals surface area contributed by atoms with Gasteiger partial charge in [-0.1, -0.05) is 41.3 Å². The fraction of sp³-hybridized carbons (Fsp3) is 0.250. The number of carbonyl (C=O) groups is 4. The fourth-order valence-electron chi connectivity index (χ4n) is 3.96. The summed E-state index contributed by atoms with van der Waals surface area (Å²) in [5, 5.41) is 24.6. The summed E-state index contributed by atoms with van der Waals surface area (Å²) in [5.74, 6) is -1.88. The van der Waals surface area contributed by atoms with Crippen molar-refractivity contribution in [2.75, 3.05) is 11.5 Å². The number of carboxylic acid groups (broad SMARTS) is 1. The molecule has 2 aliphatic rings. The summed E-state index contributed by atoms with van der Waals surface area (Å²) in [7, 11) is 0. The van der Waals surface area contributed by atoms with Crippen molar-refractivity contribution in [3.63, 3.8) is 0 Å². The Kier molecular flexibility index (Phi) is 9.91. The molecule has 1 unspecified atom stereocenters. The molecule has 5 rings (SSSR count). The summed E-state index contributed by atoms with van der Waals surface area (Å²) in [6, 6.07) is 9.40. The third-order valence-electron chi connectivity index (χ3n) is 5.67. The van der Waals surface area contributed by atoms with E-state index < -0.39 is 35.2 Å². The van der Waals surface area contributed by atoms with Gasteiger partial charge < -0.3 is 20.0 Å². The van der Waals surface area contributed by atoms with E-state index in [4.69, 9.17) is 4.74 Å². The number of aryl methyl sites for hydroxylation is 1. The summed E-state index contributed by atoms with van der Waals surface area (Å²) in [5.41, 5.74) is 0.888. The van der Waals surface area contributed by atoms with Crippen molar-refractivity contribution in [3.8, 4) is 5.75 Å². The number of nitrogens with one attached hydrogen (secondary N) is 1. The summed E-state index contributed by atoms with van der Waals surface area (Å²) in [4.78, 5) is 51.8. The predicted octanol–water partition coefficient (Wildman–Crippen LogP) is -1.13. The third kappa shape index (κ3) is 6.59. The fourth-order valence-corrected chi connectivity index (χ4v) is 8.06. The van der Waals surface area contributed by atoms with E-state index in [0.717, 1.165) is 16.3 Å². The van der Waals surface area contributed by atoms with Crippen molar-refractivity contribution in [1.82, 2.24) is 20.4 Å². The van der Waals surface area contributed by atoms with Gasteiger partial charge in [0.2, 0.25) is 5.91 Å². The Labute approximate surface area is 261 Å². The van der Waals surface area contributed by atoms with Crippen molar-refractivity contribution >= 4 is 70.0 Å². The number of carbonyl (C=O) groups excluding carboxylic acids is 4. The molecule has 3 aromatic rings. The van der Waals surface area contributed by atoms with Gasteiger partial charge in [-0.3, -0.25) is 14.5 Å². The van der Waals surface area contributed by atoms with E-state index in [2.05, 4.69) is 15.5 Å². The first-order valence-electron chi connectivity index (χ1n) is 11.3. The molecule has 39 heavy (non-hydrogen) atoms. The first-order chi connectivity index (χ1) is 18.3. The van der Waals surface area contributed by atoms with Gasteiger partial charge in [0.15, 0.2) is 4.34 Å². The van der Waals surface area contributed by atoms with Gasteiger partial charge in [-0.2, -0.15) is 0 Å². The van der Waals surface area contributed by atoms with Crippen LogP contribution in [0.25, 0.3) is 0 Å². The minimum atomic E-state index is -1.43. The van der Waals surface area contributed by atoms with Crippen LogP contribution in [-0.4, -0.2) is 61.8 Å². The number of amides is 2. The first-order valence-corrected chi connectivity index (χ1v) is 15.0. The van der Waals surface area contributed by atoms with Crippen molar-refractivity contribution in [3.05, 3.63) is 68.5 Å². The Morgan fingerprint density at radius 3 is 2.67 bits per heavy atom. The van der Waals surface area contributed by atoms with Crippen molar-refractivity contribution in [2.45, 2.75) is 29.1 Å². The number of esters is 1. The summed E-state index contributed by atoms with van der Waals surface area (Å²) in [6.45, 7) is 1.83. The van der Waals surface area contributed by atoms with Gasteiger partial charge in [0.25, 0.3) is 5.91 Å². The van der Waals surface area contributed by atoms with Gasteiger partial charge in [-0.25, -0.2) is 4.79 Å². The molecule has 10 nitrogen and oxygen atoms in total. The molecule has 2 aromatic heterocycles. The number of aromatic nitrogens is 2. The van der Waals surface area contributed by atoms with Gasteiger partial charge in [0.05, 0.1) is 18.1 Å². The molecule has 0 aliphatic carbocycles. The van der Waals surface area contributed by atoms with Crippen LogP contribution >= 0.6 is 46.2 Å². The Morgan fingerprint density at radius 1 is 1.21 bits per heavy atom. The van der Waals surface area contributed by atoms with Gasteiger partial charge in [-0.05, 0) is 41.6 Å². The second-order valence-corrected chi connectivity index (χ2v) is 12.6. The van der Waals surface area contributed by atoms with E-state index in [1.165, 1.54) is 39.8 Å². The maximum absolute atomic E-state index is 12.9. The van der Waals surface area contributed by atoms with Gasteiger partial charge in [0, 0.05) is 11.5 Å². The van der Waals surface area contributed by atoms with Crippen LogP contribution in [0.15, 0.2) is 57.4 Å². The number of hydrogen-bond donors (Lipinski definition) is 1. The van der Waals surface area contributed by atoms with E-state index in [9.17, 15) is 24.3 Å². The molecule has 1 N–H and O–H groups in total. The number of rotatable bonds is 9. The van der Waals surface area contributed by atoms with Crippen LogP contribution in [0.4, 0.5) is 0 Å². The molecule has 2 aliphatic heterocycles. The Balaban J connectivity index is 0.00000353. The average Bonchev–Trinajstić information content (AvgIpc) is 3.54. The minimum Gasteiger partial charge on any atom is -0.543 e. The van der Waals surface area contributed by atoms with Crippen LogP contribution in [0.5, 0.6) is 5.75 Å². The largest absolute Gasteiger partial charge is 1.00 e. The second kappa shape index (κ2) is 13.0. The number of hydrogen-bond acceptors (Lipinski definition) is 12. The van der Waals surface area contributed by atoms with Gasteiger partial charge >= 0.3 is 35.5 Å². The van der Waals surface area contributed by atoms with Crippen LogP contribution < -0.4 is 44.7 Å². The van der Waals surface area contributed by atoms with Crippen molar-refractivity contribution < 1.29 is 58.6 Å². The zero-order chi connectivity index (χ0) is 26.8. The quantitative estimate of drug-likeness (QED) is 0.104. The van der Waals surface area contributed by atoms with Crippen molar-refractivity contribution in [1.29, 1.82) is 0 Å². The monoisotopic (exact) mass is 610 g/mol. The smallest absolute Gasteiger partial charge is 0.543 e.